The minimum absolute atomic E-state index is 0.335. The third-order valence-electron chi connectivity index (χ3n) is 4.06. The molecule has 0 saturated carbocycles. The first-order valence-electron chi connectivity index (χ1n) is 7.81. The summed E-state index contributed by atoms with van der Waals surface area (Å²) in [6.07, 6.45) is 2.05. The molecule has 0 saturated heterocycles. The minimum Gasteiger partial charge on any atom is -0.304 e. The van der Waals surface area contributed by atoms with E-state index in [9.17, 15) is 0 Å². The predicted octanol–water partition coefficient (Wildman–Crippen LogP) is 4.84. The van der Waals surface area contributed by atoms with Crippen molar-refractivity contribution in [2.24, 2.45) is 0 Å². The Morgan fingerprint density at radius 1 is 1.18 bits per heavy atom. The lowest BCUT2D eigenvalue weighted by Gasteiger charge is -2.12. The summed E-state index contributed by atoms with van der Waals surface area (Å²) in [4.78, 5) is 1.42. The molecule has 0 amide bonds. The molecule has 0 radical (unpaired) electrons. The van der Waals surface area contributed by atoms with Crippen LogP contribution in [0.1, 0.15) is 49.0 Å². The zero-order valence-electron chi connectivity index (χ0n) is 13.6. The normalized spacial score (nSPS) is 13.1. The van der Waals surface area contributed by atoms with Crippen LogP contribution in [0.4, 0.5) is 0 Å². The van der Waals surface area contributed by atoms with Crippen molar-refractivity contribution in [3.8, 4) is 0 Å². The first kappa shape index (κ1) is 15.3. The van der Waals surface area contributed by atoms with Crippen molar-refractivity contribution in [1.82, 2.24) is 15.1 Å². The van der Waals surface area contributed by atoms with Crippen molar-refractivity contribution >= 4 is 21.4 Å². The summed E-state index contributed by atoms with van der Waals surface area (Å²) < 4.78 is 3.37. The van der Waals surface area contributed by atoms with Crippen LogP contribution in [0.5, 0.6) is 0 Å². The van der Waals surface area contributed by atoms with Gasteiger partial charge in [-0.1, -0.05) is 18.2 Å². The van der Waals surface area contributed by atoms with Gasteiger partial charge in [-0.2, -0.15) is 5.10 Å². The molecule has 0 spiro atoms. The molecule has 0 aliphatic rings. The van der Waals surface area contributed by atoms with E-state index in [0.717, 1.165) is 12.2 Å². The first-order valence-corrected chi connectivity index (χ1v) is 8.63. The standard InChI is InChI=1S/C18H23N3S/c1-12(2)21-10-9-15(20-21)11-19-14(4)18-13(3)16-7-5-6-8-17(16)22-18/h5-10,12,14,19H,11H2,1-4H3/t14-/m1/s1. The van der Waals surface area contributed by atoms with Crippen LogP contribution >= 0.6 is 11.3 Å². The average molecular weight is 313 g/mol. The highest BCUT2D eigenvalue weighted by Gasteiger charge is 2.14. The third kappa shape index (κ3) is 2.94. The van der Waals surface area contributed by atoms with Crippen LogP contribution in [-0.2, 0) is 6.54 Å². The van der Waals surface area contributed by atoms with Gasteiger partial charge in [0.1, 0.15) is 0 Å². The summed E-state index contributed by atoms with van der Waals surface area (Å²) in [5.74, 6) is 0. The van der Waals surface area contributed by atoms with Crippen LogP contribution in [0.15, 0.2) is 36.5 Å². The molecule has 2 aromatic heterocycles. The maximum Gasteiger partial charge on any atom is 0.0762 e. The maximum atomic E-state index is 4.60. The number of aryl methyl sites for hydroxylation is 1. The molecular weight excluding hydrogens is 290 g/mol. The monoisotopic (exact) mass is 313 g/mol. The van der Waals surface area contributed by atoms with E-state index < -0.39 is 0 Å². The van der Waals surface area contributed by atoms with Crippen molar-refractivity contribution in [1.29, 1.82) is 0 Å². The Morgan fingerprint density at radius 3 is 2.64 bits per heavy atom. The molecule has 4 heteroatoms. The highest BCUT2D eigenvalue weighted by atomic mass is 32.1. The molecule has 3 rings (SSSR count). The summed E-state index contributed by atoms with van der Waals surface area (Å²) in [6, 6.07) is 11.5. The highest BCUT2D eigenvalue weighted by Crippen LogP contribution is 2.34. The van der Waals surface area contributed by atoms with Crippen molar-refractivity contribution in [3.05, 3.63) is 52.7 Å². The second-order valence-electron chi connectivity index (χ2n) is 6.07. The van der Waals surface area contributed by atoms with Gasteiger partial charge < -0.3 is 5.32 Å². The van der Waals surface area contributed by atoms with Crippen LogP contribution in [0, 0.1) is 6.92 Å². The molecule has 2 heterocycles. The molecule has 22 heavy (non-hydrogen) atoms. The number of rotatable bonds is 5. The summed E-state index contributed by atoms with van der Waals surface area (Å²) in [5, 5.41) is 9.58. The van der Waals surface area contributed by atoms with Crippen LogP contribution < -0.4 is 5.32 Å². The number of hydrogen-bond acceptors (Lipinski definition) is 3. The number of fused-ring (bicyclic) bond motifs is 1. The number of nitrogens with one attached hydrogen (secondary N) is 1. The molecule has 3 nitrogen and oxygen atoms in total. The van der Waals surface area contributed by atoms with E-state index in [1.54, 1.807) is 0 Å². The van der Waals surface area contributed by atoms with E-state index in [2.05, 4.69) is 74.6 Å². The summed E-state index contributed by atoms with van der Waals surface area (Å²) in [5.41, 5.74) is 2.49. The molecule has 1 aromatic carbocycles. The van der Waals surface area contributed by atoms with E-state index in [1.807, 2.05) is 16.0 Å². The molecule has 116 valence electrons. The number of nitrogens with zero attached hydrogens (tertiary/aromatic N) is 2. The van der Waals surface area contributed by atoms with Gasteiger partial charge in [0.25, 0.3) is 0 Å². The second-order valence-corrected chi connectivity index (χ2v) is 7.15. The van der Waals surface area contributed by atoms with Gasteiger partial charge >= 0.3 is 0 Å². The molecule has 0 aliphatic carbocycles. The average Bonchev–Trinajstić information content (AvgIpc) is 3.11. The molecule has 0 bridgehead atoms. The lowest BCUT2D eigenvalue weighted by molar-refractivity contribution is 0.513. The van der Waals surface area contributed by atoms with Gasteiger partial charge in [-0.25, -0.2) is 0 Å². The lowest BCUT2D eigenvalue weighted by atomic mass is 10.1. The van der Waals surface area contributed by atoms with E-state index in [1.165, 1.54) is 20.5 Å². The van der Waals surface area contributed by atoms with Crippen molar-refractivity contribution < 1.29 is 0 Å². The van der Waals surface area contributed by atoms with E-state index in [0.29, 0.717) is 12.1 Å². The SMILES string of the molecule is Cc1c([C@@H](C)NCc2ccn(C(C)C)n2)sc2ccccc12. The third-order valence-corrected chi connectivity index (χ3v) is 5.51. The van der Waals surface area contributed by atoms with Gasteiger partial charge in [0.15, 0.2) is 0 Å². The molecule has 0 unspecified atom stereocenters. The number of hydrogen-bond donors (Lipinski definition) is 1. The van der Waals surface area contributed by atoms with Crippen molar-refractivity contribution in [2.75, 3.05) is 0 Å². The zero-order chi connectivity index (χ0) is 15.7. The van der Waals surface area contributed by atoms with Crippen molar-refractivity contribution in [2.45, 2.75) is 46.3 Å². The quantitative estimate of drug-likeness (QED) is 0.730. The minimum atomic E-state index is 0.335. The highest BCUT2D eigenvalue weighted by molar-refractivity contribution is 7.19. The van der Waals surface area contributed by atoms with Crippen LogP contribution in [-0.4, -0.2) is 9.78 Å². The lowest BCUT2D eigenvalue weighted by Crippen LogP contribution is -2.18. The van der Waals surface area contributed by atoms with E-state index in [-0.39, 0.29) is 0 Å². The Morgan fingerprint density at radius 2 is 1.95 bits per heavy atom. The largest absolute Gasteiger partial charge is 0.304 e. The number of benzene rings is 1. The fourth-order valence-electron chi connectivity index (χ4n) is 2.72. The molecule has 1 atom stereocenters. The van der Waals surface area contributed by atoms with Crippen LogP contribution in [0.2, 0.25) is 0 Å². The Bertz CT molecular complexity index is 770. The second kappa shape index (κ2) is 6.23. The van der Waals surface area contributed by atoms with Crippen LogP contribution in [0.25, 0.3) is 10.1 Å². The summed E-state index contributed by atoms with van der Waals surface area (Å²) in [6.45, 7) is 9.55. The summed E-state index contributed by atoms with van der Waals surface area (Å²) in [7, 11) is 0. The summed E-state index contributed by atoms with van der Waals surface area (Å²) >= 11 is 1.89. The zero-order valence-corrected chi connectivity index (χ0v) is 14.4. The van der Waals surface area contributed by atoms with Gasteiger partial charge in [-0.3, -0.25) is 4.68 Å². The van der Waals surface area contributed by atoms with Gasteiger partial charge in [0.2, 0.25) is 0 Å². The Balaban J connectivity index is 1.72. The molecule has 1 N–H and O–H groups in total. The fraction of sp³-hybridized carbons (Fsp3) is 0.389. The Hall–Kier alpha value is -1.65. The van der Waals surface area contributed by atoms with Gasteiger partial charge in [0.05, 0.1) is 5.69 Å². The van der Waals surface area contributed by atoms with E-state index in [4.69, 9.17) is 0 Å². The smallest absolute Gasteiger partial charge is 0.0762 e. The fourth-order valence-corrected chi connectivity index (χ4v) is 3.95. The topological polar surface area (TPSA) is 29.9 Å². The molecule has 0 fully saturated rings. The predicted molar refractivity (Wildman–Crippen MR) is 94.4 cm³/mol. The van der Waals surface area contributed by atoms with Gasteiger partial charge in [-0.15, -0.1) is 11.3 Å². The number of thiophene rings is 1. The first-order chi connectivity index (χ1) is 10.6. The van der Waals surface area contributed by atoms with Gasteiger partial charge in [0, 0.05) is 34.4 Å². The molecular formula is C18H23N3S. The van der Waals surface area contributed by atoms with Crippen LogP contribution in [0.3, 0.4) is 0 Å². The van der Waals surface area contributed by atoms with Gasteiger partial charge in [-0.05, 0) is 50.8 Å². The molecule has 3 aromatic rings. The maximum absolute atomic E-state index is 4.60. The Labute approximate surface area is 136 Å². The van der Waals surface area contributed by atoms with Crippen molar-refractivity contribution in [3.63, 3.8) is 0 Å². The molecule has 0 aliphatic heterocycles. The number of aromatic nitrogens is 2. The van der Waals surface area contributed by atoms with E-state index >= 15 is 0 Å². The Kier molecular flexibility index (Phi) is 4.32.